The van der Waals surface area contributed by atoms with Crippen LogP contribution in [0.1, 0.15) is 33.3 Å². The minimum absolute atomic E-state index is 0.0000326. The smallest absolute Gasteiger partial charge is 0.308 e. The molecule has 1 aromatic carbocycles. The topological polar surface area (TPSA) is 29.5 Å². The standard InChI is InChI=1S/C15H19NO2/c1-10-9-15(3,4)16(5)14-7-6-12(8-13(10)14)18-11(2)17/h6-9H,1-5H3. The van der Waals surface area contributed by atoms with Crippen molar-refractivity contribution in [2.75, 3.05) is 11.9 Å². The Bertz CT molecular complexity index is 529. The van der Waals surface area contributed by atoms with E-state index in [1.54, 1.807) is 0 Å². The zero-order valence-electron chi connectivity index (χ0n) is 11.6. The SMILES string of the molecule is CC(=O)Oc1ccc2c(c1)C(C)=CC(C)(C)N2C. The Morgan fingerprint density at radius 3 is 2.61 bits per heavy atom. The summed E-state index contributed by atoms with van der Waals surface area (Å²) in [5, 5.41) is 0. The van der Waals surface area contributed by atoms with Crippen LogP contribution >= 0.6 is 0 Å². The Morgan fingerprint density at radius 1 is 1.33 bits per heavy atom. The highest BCUT2D eigenvalue weighted by Crippen LogP contribution is 2.39. The fraction of sp³-hybridized carbons (Fsp3) is 0.400. The molecule has 1 heterocycles. The van der Waals surface area contributed by atoms with Crippen LogP contribution in [0.15, 0.2) is 24.3 Å². The molecule has 1 aliphatic rings. The first kappa shape index (κ1) is 12.7. The molecule has 1 aromatic rings. The van der Waals surface area contributed by atoms with Crippen molar-refractivity contribution in [1.82, 2.24) is 0 Å². The highest BCUT2D eigenvalue weighted by atomic mass is 16.5. The number of allylic oxidation sites excluding steroid dienone is 1. The van der Waals surface area contributed by atoms with Gasteiger partial charge in [-0.15, -0.1) is 0 Å². The lowest BCUT2D eigenvalue weighted by Crippen LogP contribution is -2.41. The molecule has 0 aliphatic carbocycles. The number of benzene rings is 1. The molecule has 3 heteroatoms. The third-order valence-electron chi connectivity index (χ3n) is 3.45. The van der Waals surface area contributed by atoms with Gasteiger partial charge in [-0.25, -0.2) is 0 Å². The minimum Gasteiger partial charge on any atom is -0.427 e. The Balaban J connectivity index is 2.49. The molecule has 0 amide bonds. The molecule has 1 aliphatic heterocycles. The second-order valence-electron chi connectivity index (χ2n) is 5.31. The monoisotopic (exact) mass is 245 g/mol. The highest BCUT2D eigenvalue weighted by Gasteiger charge is 2.28. The van der Waals surface area contributed by atoms with Crippen LogP contribution in [0, 0.1) is 0 Å². The third kappa shape index (κ3) is 2.13. The molecule has 0 atom stereocenters. The Morgan fingerprint density at radius 2 is 2.00 bits per heavy atom. The zero-order chi connectivity index (χ0) is 13.5. The molecule has 0 fully saturated rings. The van der Waals surface area contributed by atoms with Crippen LogP contribution in [-0.4, -0.2) is 18.6 Å². The van der Waals surface area contributed by atoms with Crippen LogP contribution < -0.4 is 9.64 Å². The van der Waals surface area contributed by atoms with Crippen LogP contribution in [0.4, 0.5) is 5.69 Å². The maximum atomic E-state index is 11.0. The second-order valence-corrected chi connectivity index (χ2v) is 5.31. The molecule has 96 valence electrons. The lowest BCUT2D eigenvalue weighted by Gasteiger charge is -2.40. The van der Waals surface area contributed by atoms with Gasteiger partial charge in [-0.05, 0) is 44.5 Å². The van der Waals surface area contributed by atoms with Gasteiger partial charge in [0.2, 0.25) is 0 Å². The maximum Gasteiger partial charge on any atom is 0.308 e. The molecule has 0 spiro atoms. The zero-order valence-corrected chi connectivity index (χ0v) is 11.6. The number of hydrogen-bond acceptors (Lipinski definition) is 3. The molecular weight excluding hydrogens is 226 g/mol. The van der Waals surface area contributed by atoms with E-state index in [-0.39, 0.29) is 11.5 Å². The molecule has 0 bridgehead atoms. The van der Waals surface area contributed by atoms with Gasteiger partial charge in [-0.3, -0.25) is 4.79 Å². The van der Waals surface area contributed by atoms with Crippen molar-refractivity contribution in [3.8, 4) is 5.75 Å². The first-order chi connectivity index (χ1) is 8.31. The quantitative estimate of drug-likeness (QED) is 0.562. The van der Waals surface area contributed by atoms with Gasteiger partial charge < -0.3 is 9.64 Å². The van der Waals surface area contributed by atoms with E-state index in [0.717, 1.165) is 11.3 Å². The van der Waals surface area contributed by atoms with Gasteiger partial charge in [0.05, 0.1) is 5.54 Å². The van der Waals surface area contributed by atoms with E-state index in [1.807, 2.05) is 18.2 Å². The number of rotatable bonds is 1. The van der Waals surface area contributed by atoms with E-state index in [4.69, 9.17) is 4.74 Å². The maximum absolute atomic E-state index is 11.0. The summed E-state index contributed by atoms with van der Waals surface area (Å²) >= 11 is 0. The summed E-state index contributed by atoms with van der Waals surface area (Å²) in [6.07, 6.45) is 2.23. The normalized spacial score (nSPS) is 16.9. The van der Waals surface area contributed by atoms with E-state index in [2.05, 4.69) is 38.8 Å². The van der Waals surface area contributed by atoms with Gasteiger partial charge in [-0.1, -0.05) is 6.08 Å². The fourth-order valence-corrected chi connectivity index (χ4v) is 2.37. The lowest BCUT2D eigenvalue weighted by molar-refractivity contribution is -0.131. The highest BCUT2D eigenvalue weighted by molar-refractivity contribution is 5.82. The molecular formula is C15H19NO2. The average molecular weight is 245 g/mol. The Labute approximate surface area is 108 Å². The molecule has 2 rings (SSSR count). The number of hydrogen-bond donors (Lipinski definition) is 0. The minimum atomic E-state index is -0.291. The van der Waals surface area contributed by atoms with Crippen LogP contribution in [0.3, 0.4) is 0 Å². The average Bonchev–Trinajstić information content (AvgIpc) is 2.25. The summed E-state index contributed by atoms with van der Waals surface area (Å²) in [5.74, 6) is 0.309. The Hall–Kier alpha value is -1.77. The van der Waals surface area contributed by atoms with E-state index >= 15 is 0 Å². The summed E-state index contributed by atoms with van der Waals surface area (Å²) in [6, 6.07) is 5.77. The van der Waals surface area contributed by atoms with Gasteiger partial charge in [0.15, 0.2) is 0 Å². The molecule has 0 N–H and O–H groups in total. The second kappa shape index (κ2) is 4.16. The van der Waals surface area contributed by atoms with Gasteiger partial charge in [0.1, 0.15) is 5.75 Å². The molecule has 18 heavy (non-hydrogen) atoms. The van der Waals surface area contributed by atoms with Crippen molar-refractivity contribution in [2.24, 2.45) is 0 Å². The van der Waals surface area contributed by atoms with Crippen LogP contribution in [0.25, 0.3) is 5.57 Å². The molecule has 0 aromatic heterocycles. The van der Waals surface area contributed by atoms with Crippen molar-refractivity contribution in [2.45, 2.75) is 33.2 Å². The summed E-state index contributed by atoms with van der Waals surface area (Å²) in [6.45, 7) is 7.86. The number of nitrogens with zero attached hydrogens (tertiary/aromatic N) is 1. The summed E-state index contributed by atoms with van der Waals surface area (Å²) < 4.78 is 5.13. The molecule has 0 saturated heterocycles. The van der Waals surface area contributed by atoms with E-state index in [0.29, 0.717) is 5.75 Å². The number of carbonyl (C=O) groups excluding carboxylic acids is 1. The number of likely N-dealkylation sites (N-methyl/N-ethyl adjacent to an activating group) is 1. The summed E-state index contributed by atoms with van der Waals surface area (Å²) in [4.78, 5) is 13.2. The molecule has 3 nitrogen and oxygen atoms in total. The van der Waals surface area contributed by atoms with E-state index < -0.39 is 0 Å². The number of anilines is 1. The number of ether oxygens (including phenoxy) is 1. The molecule has 0 saturated carbocycles. The summed E-state index contributed by atoms with van der Waals surface area (Å²) in [5.41, 5.74) is 3.49. The molecule has 0 unspecified atom stereocenters. The van der Waals surface area contributed by atoms with E-state index in [9.17, 15) is 4.79 Å². The largest absolute Gasteiger partial charge is 0.427 e. The van der Waals surface area contributed by atoms with Crippen molar-refractivity contribution < 1.29 is 9.53 Å². The predicted octanol–water partition coefficient (Wildman–Crippen LogP) is 3.24. The van der Waals surface area contributed by atoms with Gasteiger partial charge in [-0.2, -0.15) is 0 Å². The number of fused-ring (bicyclic) bond motifs is 1. The van der Waals surface area contributed by atoms with Crippen molar-refractivity contribution >= 4 is 17.2 Å². The van der Waals surface area contributed by atoms with Gasteiger partial charge in [0.25, 0.3) is 0 Å². The van der Waals surface area contributed by atoms with Crippen molar-refractivity contribution in [3.05, 3.63) is 29.8 Å². The summed E-state index contributed by atoms with van der Waals surface area (Å²) in [7, 11) is 2.08. The van der Waals surface area contributed by atoms with Crippen molar-refractivity contribution in [1.29, 1.82) is 0 Å². The fourth-order valence-electron chi connectivity index (χ4n) is 2.37. The van der Waals surface area contributed by atoms with Crippen molar-refractivity contribution in [3.63, 3.8) is 0 Å². The lowest BCUT2D eigenvalue weighted by atomic mass is 9.89. The first-order valence-corrected chi connectivity index (χ1v) is 6.07. The van der Waals surface area contributed by atoms with Crippen LogP contribution in [0.5, 0.6) is 5.75 Å². The number of carbonyl (C=O) groups is 1. The van der Waals surface area contributed by atoms with E-state index in [1.165, 1.54) is 12.5 Å². The van der Waals surface area contributed by atoms with Crippen LogP contribution in [-0.2, 0) is 4.79 Å². The Kier molecular flexibility index (Phi) is 2.93. The third-order valence-corrected chi connectivity index (χ3v) is 3.45. The predicted molar refractivity (Wildman–Crippen MR) is 73.9 cm³/mol. The van der Waals surface area contributed by atoms with Crippen LogP contribution in [0.2, 0.25) is 0 Å². The van der Waals surface area contributed by atoms with Gasteiger partial charge >= 0.3 is 5.97 Å². The number of esters is 1. The molecule has 0 radical (unpaired) electrons. The van der Waals surface area contributed by atoms with Gasteiger partial charge in [0, 0.05) is 25.2 Å². The first-order valence-electron chi connectivity index (χ1n) is 6.07.